The third kappa shape index (κ3) is 4.92. The summed E-state index contributed by atoms with van der Waals surface area (Å²) < 4.78 is 0. The van der Waals surface area contributed by atoms with Gasteiger partial charge < -0.3 is 15.3 Å². The maximum absolute atomic E-state index is 12.8. The second-order valence-corrected chi connectivity index (χ2v) is 7.04. The number of nitrogens with one attached hydrogen (secondary N) is 1. The van der Waals surface area contributed by atoms with E-state index in [2.05, 4.69) is 21.2 Å². The van der Waals surface area contributed by atoms with Crippen LogP contribution < -0.4 is 10.2 Å². The van der Waals surface area contributed by atoms with Gasteiger partial charge in [-0.25, -0.2) is 4.79 Å². The molecule has 150 valence electrons. The Bertz CT molecular complexity index is 943. The van der Waals surface area contributed by atoms with Crippen LogP contribution in [-0.2, 0) is 0 Å². The van der Waals surface area contributed by atoms with Crippen molar-refractivity contribution in [2.45, 2.75) is 13.3 Å². The minimum Gasteiger partial charge on any atom is -0.478 e. The molecular weight excluding hydrogens is 368 g/mol. The van der Waals surface area contributed by atoms with E-state index in [4.69, 9.17) is 5.26 Å². The fraction of sp³-hybridized carbons (Fsp3) is 0.318. The molecule has 0 spiro atoms. The van der Waals surface area contributed by atoms with Crippen molar-refractivity contribution in [1.82, 2.24) is 4.90 Å². The molecule has 0 unspecified atom stereocenters. The van der Waals surface area contributed by atoms with Crippen LogP contribution in [0.4, 0.5) is 11.4 Å². The summed E-state index contributed by atoms with van der Waals surface area (Å²) in [4.78, 5) is 28.6. The number of piperazine rings is 1. The second-order valence-electron chi connectivity index (χ2n) is 7.04. The Hall–Kier alpha value is -3.37. The van der Waals surface area contributed by atoms with Crippen molar-refractivity contribution >= 4 is 23.3 Å². The highest BCUT2D eigenvalue weighted by atomic mass is 16.4. The minimum atomic E-state index is -1.04. The van der Waals surface area contributed by atoms with Gasteiger partial charge in [-0.3, -0.25) is 9.69 Å². The lowest BCUT2D eigenvalue weighted by molar-refractivity contribution is 0.0696. The van der Waals surface area contributed by atoms with Crippen molar-refractivity contribution in [2.75, 3.05) is 42.9 Å². The number of hydrogen-bond donors (Lipinski definition) is 2. The predicted octanol–water partition coefficient (Wildman–Crippen LogP) is 2.98. The maximum atomic E-state index is 12.8. The van der Waals surface area contributed by atoms with Gasteiger partial charge in [0.25, 0.3) is 5.91 Å². The van der Waals surface area contributed by atoms with Gasteiger partial charge in [0.1, 0.15) is 0 Å². The Kier molecular flexibility index (Phi) is 6.47. The van der Waals surface area contributed by atoms with Crippen molar-refractivity contribution in [1.29, 1.82) is 5.26 Å². The molecule has 7 heteroatoms. The number of anilines is 2. The Morgan fingerprint density at radius 2 is 1.86 bits per heavy atom. The molecule has 0 bridgehead atoms. The highest BCUT2D eigenvalue weighted by molar-refractivity contribution is 6.07. The van der Waals surface area contributed by atoms with E-state index in [1.54, 1.807) is 24.3 Å². The number of hydrogen-bond acceptors (Lipinski definition) is 5. The molecule has 1 fully saturated rings. The first-order chi connectivity index (χ1) is 14.0. The molecule has 2 N–H and O–H groups in total. The van der Waals surface area contributed by atoms with Crippen LogP contribution in [0.2, 0.25) is 0 Å². The highest BCUT2D eigenvalue weighted by Gasteiger charge is 2.21. The van der Waals surface area contributed by atoms with E-state index >= 15 is 0 Å². The highest BCUT2D eigenvalue weighted by Crippen LogP contribution is 2.29. The normalized spacial score (nSPS) is 14.3. The van der Waals surface area contributed by atoms with Crippen molar-refractivity contribution in [3.05, 3.63) is 59.2 Å². The van der Waals surface area contributed by atoms with Gasteiger partial charge in [-0.05, 0) is 36.8 Å². The van der Waals surface area contributed by atoms with Gasteiger partial charge in [0.05, 0.1) is 23.0 Å². The van der Waals surface area contributed by atoms with Crippen molar-refractivity contribution in [2.24, 2.45) is 0 Å². The number of carboxylic acids is 1. The van der Waals surface area contributed by atoms with Gasteiger partial charge in [0.2, 0.25) is 0 Å². The lowest BCUT2D eigenvalue weighted by atomic mass is 10.1. The number of carboxylic acid groups (broad SMARTS) is 1. The van der Waals surface area contributed by atoms with Crippen LogP contribution in [-0.4, -0.2) is 54.6 Å². The molecule has 0 aliphatic carbocycles. The molecule has 1 heterocycles. The third-order valence-corrected chi connectivity index (χ3v) is 5.13. The molecule has 0 radical (unpaired) electrons. The number of aryl methyl sites for hydroxylation is 1. The Morgan fingerprint density at radius 3 is 2.52 bits per heavy atom. The predicted molar refractivity (Wildman–Crippen MR) is 111 cm³/mol. The Morgan fingerprint density at radius 1 is 1.14 bits per heavy atom. The fourth-order valence-corrected chi connectivity index (χ4v) is 3.48. The number of benzene rings is 2. The van der Waals surface area contributed by atoms with Crippen LogP contribution >= 0.6 is 0 Å². The van der Waals surface area contributed by atoms with E-state index in [9.17, 15) is 14.7 Å². The van der Waals surface area contributed by atoms with Crippen LogP contribution in [0, 0.1) is 18.3 Å². The van der Waals surface area contributed by atoms with Gasteiger partial charge in [0, 0.05) is 44.7 Å². The first kappa shape index (κ1) is 20.4. The summed E-state index contributed by atoms with van der Waals surface area (Å²) >= 11 is 0. The molecule has 0 saturated carbocycles. The largest absolute Gasteiger partial charge is 0.478 e. The van der Waals surface area contributed by atoms with Crippen LogP contribution in [0.15, 0.2) is 42.5 Å². The van der Waals surface area contributed by atoms with E-state index in [0.717, 1.165) is 44.0 Å². The van der Waals surface area contributed by atoms with E-state index < -0.39 is 5.97 Å². The Balaban J connectivity index is 1.83. The summed E-state index contributed by atoms with van der Waals surface area (Å²) in [7, 11) is 0. The van der Waals surface area contributed by atoms with E-state index in [1.807, 2.05) is 19.1 Å². The number of carbonyl (C=O) groups excluding carboxylic acids is 1. The molecule has 7 nitrogen and oxygen atoms in total. The maximum Gasteiger partial charge on any atom is 0.335 e. The molecule has 3 rings (SSSR count). The monoisotopic (exact) mass is 392 g/mol. The van der Waals surface area contributed by atoms with Crippen LogP contribution in [0.1, 0.15) is 32.7 Å². The summed E-state index contributed by atoms with van der Waals surface area (Å²) in [5, 5.41) is 21.0. The molecule has 1 aliphatic heterocycles. The van der Waals surface area contributed by atoms with E-state index in [1.165, 1.54) is 6.07 Å². The first-order valence-corrected chi connectivity index (χ1v) is 9.58. The zero-order chi connectivity index (χ0) is 20.8. The van der Waals surface area contributed by atoms with Crippen molar-refractivity contribution in [3.63, 3.8) is 0 Å². The molecular formula is C22H24N4O3. The lowest BCUT2D eigenvalue weighted by Crippen LogP contribution is -2.46. The molecule has 0 atom stereocenters. The summed E-state index contributed by atoms with van der Waals surface area (Å²) in [6.45, 7) is 5.72. The molecule has 2 aromatic rings. The number of nitrogens with zero attached hydrogens (tertiary/aromatic N) is 3. The molecule has 0 aromatic heterocycles. The minimum absolute atomic E-state index is 0.126. The smallest absolute Gasteiger partial charge is 0.335 e. The van der Waals surface area contributed by atoms with Gasteiger partial charge in [0.15, 0.2) is 0 Å². The number of aromatic carboxylic acids is 1. The Labute approximate surface area is 170 Å². The topological polar surface area (TPSA) is 96.7 Å². The second kappa shape index (κ2) is 9.22. The van der Waals surface area contributed by atoms with Gasteiger partial charge in [-0.15, -0.1) is 0 Å². The number of amides is 1. The zero-order valence-corrected chi connectivity index (χ0v) is 16.4. The third-order valence-electron chi connectivity index (χ3n) is 5.13. The molecule has 1 amide bonds. The molecule has 2 aromatic carbocycles. The summed E-state index contributed by atoms with van der Waals surface area (Å²) in [5.41, 5.74) is 2.83. The summed E-state index contributed by atoms with van der Waals surface area (Å²) in [5.74, 6) is -1.30. The van der Waals surface area contributed by atoms with E-state index in [-0.39, 0.29) is 11.5 Å². The SMILES string of the molecule is Cc1ccccc1C(=O)Nc1cc(C(=O)O)ccc1N1CCN(CCC#N)CC1. The first-order valence-electron chi connectivity index (χ1n) is 9.58. The number of rotatable bonds is 6. The molecule has 29 heavy (non-hydrogen) atoms. The lowest BCUT2D eigenvalue weighted by Gasteiger charge is -2.36. The van der Waals surface area contributed by atoms with Crippen molar-refractivity contribution in [3.8, 4) is 6.07 Å². The van der Waals surface area contributed by atoms with E-state index in [0.29, 0.717) is 17.7 Å². The van der Waals surface area contributed by atoms with Crippen LogP contribution in [0.5, 0.6) is 0 Å². The molecule has 1 saturated heterocycles. The van der Waals surface area contributed by atoms with Crippen LogP contribution in [0.25, 0.3) is 0 Å². The average molecular weight is 392 g/mol. The molecule has 1 aliphatic rings. The van der Waals surface area contributed by atoms with Gasteiger partial charge in [-0.1, -0.05) is 18.2 Å². The average Bonchev–Trinajstić information content (AvgIpc) is 2.73. The number of nitriles is 1. The van der Waals surface area contributed by atoms with Gasteiger partial charge in [-0.2, -0.15) is 5.26 Å². The summed E-state index contributed by atoms with van der Waals surface area (Å²) in [6, 6.07) is 14.3. The number of carbonyl (C=O) groups is 2. The van der Waals surface area contributed by atoms with Gasteiger partial charge >= 0.3 is 5.97 Å². The zero-order valence-electron chi connectivity index (χ0n) is 16.4. The fourth-order valence-electron chi connectivity index (χ4n) is 3.48. The summed E-state index contributed by atoms with van der Waals surface area (Å²) in [6.07, 6.45) is 0.505. The van der Waals surface area contributed by atoms with Crippen molar-refractivity contribution < 1.29 is 14.7 Å². The quantitative estimate of drug-likeness (QED) is 0.785. The van der Waals surface area contributed by atoms with Crippen LogP contribution in [0.3, 0.4) is 0 Å². The standard InChI is InChI=1S/C22H24N4O3/c1-16-5-2-3-6-18(16)21(27)24-19-15-17(22(28)29)7-8-20(19)26-13-11-25(12-14-26)10-4-9-23/h2-3,5-8,15H,4,10-14H2,1H3,(H,24,27)(H,28,29).